The van der Waals surface area contributed by atoms with Crippen molar-refractivity contribution in [2.75, 3.05) is 7.05 Å². The van der Waals surface area contributed by atoms with E-state index in [2.05, 4.69) is 0 Å². The molecule has 1 aromatic rings. The molecule has 8 nitrogen and oxygen atoms in total. The summed E-state index contributed by atoms with van der Waals surface area (Å²) in [5, 5.41) is 18.8. The Morgan fingerprint density at radius 3 is 2.44 bits per heavy atom. The number of benzene rings is 1. The lowest BCUT2D eigenvalue weighted by molar-refractivity contribution is -0.384. The second kappa shape index (κ2) is 4.88. The fraction of sp³-hybridized carbons (Fsp3) is 0.125. The van der Waals surface area contributed by atoms with Gasteiger partial charge in [0.1, 0.15) is 9.92 Å². The van der Waals surface area contributed by atoms with Gasteiger partial charge in [-0.05, 0) is 13.1 Å². The van der Waals surface area contributed by atoms with E-state index in [1.54, 1.807) is 0 Å². The van der Waals surface area contributed by atoms with Gasteiger partial charge in [-0.2, -0.15) is 0 Å². The topological polar surface area (TPSA) is 127 Å². The summed E-state index contributed by atoms with van der Waals surface area (Å²) in [6.45, 7) is 0. The molecule has 98 valence electrons. The second-order valence-electron chi connectivity index (χ2n) is 3.08. The lowest BCUT2D eigenvalue weighted by Crippen LogP contribution is -2.20. The first-order valence-electron chi connectivity index (χ1n) is 4.35. The molecular formula is C8H7ClN2O6S. The van der Waals surface area contributed by atoms with E-state index in [-0.39, 0.29) is 0 Å². The van der Waals surface area contributed by atoms with Gasteiger partial charge in [-0.15, -0.1) is 0 Å². The fourth-order valence-corrected chi connectivity index (χ4v) is 2.47. The Hall–Kier alpha value is -1.71. The molecule has 0 aliphatic heterocycles. The number of aromatic carboxylic acids is 1. The smallest absolute Gasteiger partial charge is 0.335 e. The number of nitrogens with zero attached hydrogens (tertiary/aromatic N) is 1. The van der Waals surface area contributed by atoms with E-state index in [9.17, 15) is 23.3 Å². The summed E-state index contributed by atoms with van der Waals surface area (Å²) >= 11 is 5.59. The van der Waals surface area contributed by atoms with Crippen LogP contribution in [0.25, 0.3) is 0 Å². The van der Waals surface area contributed by atoms with Crippen LogP contribution < -0.4 is 4.72 Å². The predicted octanol–water partition coefficient (Wildman–Crippen LogP) is 0.855. The fourth-order valence-electron chi connectivity index (χ4n) is 1.14. The first-order chi connectivity index (χ1) is 8.20. The molecule has 0 spiro atoms. The number of hydrogen-bond donors (Lipinski definition) is 2. The summed E-state index contributed by atoms with van der Waals surface area (Å²) in [5.74, 6) is -1.50. The molecule has 0 saturated heterocycles. The Labute approximate surface area is 106 Å². The van der Waals surface area contributed by atoms with Crippen molar-refractivity contribution in [3.63, 3.8) is 0 Å². The van der Waals surface area contributed by atoms with E-state index in [0.29, 0.717) is 6.07 Å². The van der Waals surface area contributed by atoms with Crippen LogP contribution in [0.4, 0.5) is 5.69 Å². The number of carbonyl (C=O) groups is 1. The molecule has 0 aliphatic carbocycles. The molecule has 0 aromatic heterocycles. The Morgan fingerprint density at radius 1 is 1.50 bits per heavy atom. The van der Waals surface area contributed by atoms with Crippen molar-refractivity contribution in [2.45, 2.75) is 4.90 Å². The molecule has 2 N–H and O–H groups in total. The normalized spacial score (nSPS) is 11.2. The Morgan fingerprint density at radius 2 is 2.06 bits per heavy atom. The average Bonchev–Trinajstić information content (AvgIpc) is 2.28. The summed E-state index contributed by atoms with van der Waals surface area (Å²) in [4.78, 5) is 19.8. The summed E-state index contributed by atoms with van der Waals surface area (Å²) in [6.07, 6.45) is 0. The number of nitro groups is 1. The summed E-state index contributed by atoms with van der Waals surface area (Å²) in [7, 11) is -3.02. The molecule has 0 saturated carbocycles. The van der Waals surface area contributed by atoms with Crippen molar-refractivity contribution in [1.29, 1.82) is 0 Å². The number of nitrogens with one attached hydrogen (secondary N) is 1. The van der Waals surface area contributed by atoms with Crippen molar-refractivity contribution < 1.29 is 23.2 Å². The molecule has 0 radical (unpaired) electrons. The number of carboxylic acid groups (broad SMARTS) is 1. The van der Waals surface area contributed by atoms with Gasteiger partial charge < -0.3 is 5.11 Å². The third-order valence-electron chi connectivity index (χ3n) is 2.02. The maximum Gasteiger partial charge on any atom is 0.335 e. The van der Waals surface area contributed by atoms with Crippen LogP contribution in [0.3, 0.4) is 0 Å². The van der Waals surface area contributed by atoms with Crippen molar-refractivity contribution >= 4 is 33.3 Å². The van der Waals surface area contributed by atoms with Gasteiger partial charge in [0, 0.05) is 6.07 Å². The van der Waals surface area contributed by atoms with Crippen LogP contribution in [-0.2, 0) is 10.0 Å². The van der Waals surface area contributed by atoms with Crippen LogP contribution in [0.15, 0.2) is 17.0 Å². The lowest BCUT2D eigenvalue weighted by atomic mass is 10.2. The van der Waals surface area contributed by atoms with Gasteiger partial charge in [-0.25, -0.2) is 17.9 Å². The average molecular weight is 295 g/mol. The largest absolute Gasteiger partial charge is 0.478 e. The van der Waals surface area contributed by atoms with Crippen molar-refractivity contribution in [1.82, 2.24) is 4.72 Å². The van der Waals surface area contributed by atoms with E-state index in [0.717, 1.165) is 13.1 Å². The molecular weight excluding hydrogens is 288 g/mol. The van der Waals surface area contributed by atoms with Gasteiger partial charge in [-0.3, -0.25) is 10.1 Å². The third-order valence-corrected chi connectivity index (χ3v) is 3.97. The standard InChI is InChI=1S/C8H7ClN2O6S/c1-10-18(16,17)6-3-4(8(12)13)2-5(7(6)9)11(14)15/h2-3,10H,1H3,(H,12,13). The highest BCUT2D eigenvalue weighted by Gasteiger charge is 2.26. The molecule has 10 heteroatoms. The molecule has 0 aliphatic rings. The molecule has 18 heavy (non-hydrogen) atoms. The van der Waals surface area contributed by atoms with Crippen molar-refractivity contribution in [2.24, 2.45) is 0 Å². The number of hydrogen-bond acceptors (Lipinski definition) is 5. The van der Waals surface area contributed by atoms with E-state index in [1.807, 2.05) is 4.72 Å². The van der Waals surface area contributed by atoms with E-state index in [4.69, 9.17) is 16.7 Å². The molecule has 1 aromatic carbocycles. The highest BCUT2D eigenvalue weighted by molar-refractivity contribution is 7.89. The molecule has 0 bridgehead atoms. The number of carboxylic acids is 1. The van der Waals surface area contributed by atoms with Gasteiger partial charge in [0.25, 0.3) is 5.69 Å². The minimum absolute atomic E-state index is 0.542. The van der Waals surface area contributed by atoms with Crippen molar-refractivity contribution in [3.05, 3.63) is 32.8 Å². The molecule has 0 atom stereocenters. The first-order valence-corrected chi connectivity index (χ1v) is 6.21. The summed E-state index contributed by atoms with van der Waals surface area (Å²) in [5.41, 5.74) is -1.33. The molecule has 0 heterocycles. The van der Waals surface area contributed by atoms with Gasteiger partial charge in [-0.1, -0.05) is 11.6 Å². The van der Waals surface area contributed by atoms with E-state index in [1.165, 1.54) is 0 Å². The van der Waals surface area contributed by atoms with Gasteiger partial charge in [0.15, 0.2) is 0 Å². The number of halogens is 1. The van der Waals surface area contributed by atoms with Crippen LogP contribution >= 0.6 is 11.6 Å². The maximum atomic E-state index is 11.6. The number of rotatable bonds is 4. The van der Waals surface area contributed by atoms with Crippen LogP contribution in [-0.4, -0.2) is 31.5 Å². The monoisotopic (exact) mass is 294 g/mol. The van der Waals surface area contributed by atoms with E-state index >= 15 is 0 Å². The van der Waals surface area contributed by atoms with Crippen LogP contribution in [0.5, 0.6) is 0 Å². The summed E-state index contributed by atoms with van der Waals surface area (Å²) in [6, 6.07) is 1.45. The quantitative estimate of drug-likeness (QED) is 0.626. The zero-order chi connectivity index (χ0) is 14.1. The third kappa shape index (κ3) is 2.58. The minimum atomic E-state index is -4.09. The first kappa shape index (κ1) is 14.4. The summed E-state index contributed by atoms with van der Waals surface area (Å²) < 4.78 is 25.0. The van der Waals surface area contributed by atoms with E-state index < -0.39 is 42.1 Å². The highest BCUT2D eigenvalue weighted by Crippen LogP contribution is 2.32. The molecule has 0 fully saturated rings. The number of sulfonamides is 1. The van der Waals surface area contributed by atoms with Crippen LogP contribution in [0, 0.1) is 10.1 Å². The SMILES string of the molecule is CNS(=O)(=O)c1cc(C(=O)O)cc([N+](=O)[O-])c1Cl. The zero-order valence-corrected chi connectivity index (χ0v) is 10.4. The van der Waals surface area contributed by atoms with Gasteiger partial charge >= 0.3 is 5.97 Å². The Kier molecular flexibility index (Phi) is 3.89. The maximum absolute atomic E-state index is 11.6. The predicted molar refractivity (Wildman–Crippen MR) is 61.3 cm³/mol. The molecule has 1 rings (SSSR count). The lowest BCUT2D eigenvalue weighted by Gasteiger charge is -2.06. The minimum Gasteiger partial charge on any atom is -0.478 e. The van der Waals surface area contributed by atoms with Crippen LogP contribution in [0.2, 0.25) is 5.02 Å². The van der Waals surface area contributed by atoms with Gasteiger partial charge in [0.05, 0.1) is 10.5 Å². The molecule has 0 unspecified atom stereocenters. The van der Waals surface area contributed by atoms with Crippen LogP contribution in [0.1, 0.15) is 10.4 Å². The Balaban J connectivity index is 3.72. The van der Waals surface area contributed by atoms with Crippen molar-refractivity contribution in [3.8, 4) is 0 Å². The highest BCUT2D eigenvalue weighted by atomic mass is 35.5. The van der Waals surface area contributed by atoms with Gasteiger partial charge in [0.2, 0.25) is 10.0 Å². The number of nitro benzene ring substituents is 1. The molecule has 0 amide bonds. The Bertz CT molecular complexity index is 627. The second-order valence-corrected chi connectivity index (χ2v) is 5.31. The zero-order valence-electron chi connectivity index (χ0n) is 8.88.